The molecule has 0 saturated carbocycles. The molecule has 1 aromatic heterocycles. The Balaban J connectivity index is 1.35. The van der Waals surface area contributed by atoms with Crippen LogP contribution in [0.15, 0.2) is 180 Å². The molecule has 0 unspecified atom stereocenters. The summed E-state index contributed by atoms with van der Waals surface area (Å²) in [5.41, 5.74) is 8.54. The summed E-state index contributed by atoms with van der Waals surface area (Å²) in [5.74, 6) is 0. The normalized spacial score (nSPS) is 15.3. The van der Waals surface area contributed by atoms with Crippen molar-refractivity contribution in [3.63, 3.8) is 0 Å². The number of anilines is 3. The molecule has 0 fully saturated rings. The van der Waals surface area contributed by atoms with Crippen molar-refractivity contribution in [3.05, 3.63) is 187 Å². The van der Waals surface area contributed by atoms with E-state index < -0.39 is 12.1 Å². The summed E-state index contributed by atoms with van der Waals surface area (Å²) in [6.07, 6.45) is 0. The van der Waals surface area contributed by atoms with Crippen LogP contribution in [0.3, 0.4) is 0 Å². The molecule has 0 atom stereocenters. The highest BCUT2D eigenvalue weighted by molar-refractivity contribution is 6.22. The van der Waals surface area contributed by atoms with Crippen molar-refractivity contribution in [2.45, 2.75) is 19.3 Å². The first kappa shape index (κ1) is 22.4. The molecular weight excluding hydrogens is 619 g/mol. The quantitative estimate of drug-likeness (QED) is 0.182. The molecule has 2 heteroatoms. The van der Waals surface area contributed by atoms with Crippen LogP contribution in [0.1, 0.15) is 35.9 Å². The zero-order chi connectivity index (χ0) is 41.1. The lowest BCUT2D eigenvalue weighted by molar-refractivity contribution is 0.660. The average Bonchev–Trinajstić information content (AvgIpc) is 3.76. The molecule has 10 rings (SSSR count). The highest BCUT2D eigenvalue weighted by Crippen LogP contribution is 2.52. The van der Waals surface area contributed by atoms with Crippen LogP contribution >= 0.6 is 0 Å². The lowest BCUT2D eigenvalue weighted by Crippen LogP contribution is -2.16. The minimum atomic E-state index is -0.462. The number of fused-ring (bicyclic) bond motifs is 8. The molecule has 1 heterocycles. The summed E-state index contributed by atoms with van der Waals surface area (Å²) in [5, 5.41) is 0.611. The number of benzene rings is 8. The van der Waals surface area contributed by atoms with E-state index in [2.05, 4.69) is 38.1 Å². The van der Waals surface area contributed by atoms with Crippen molar-refractivity contribution in [3.8, 4) is 33.4 Å². The number of hydrogen-bond acceptors (Lipinski definition) is 2. The maximum Gasteiger partial charge on any atom is 0.143 e. The second-order valence-corrected chi connectivity index (χ2v) is 13.5. The van der Waals surface area contributed by atoms with Crippen LogP contribution < -0.4 is 4.90 Å². The van der Waals surface area contributed by atoms with E-state index in [0.29, 0.717) is 16.9 Å². The van der Waals surface area contributed by atoms with Crippen molar-refractivity contribution in [1.29, 1.82) is 0 Å². The van der Waals surface area contributed by atoms with E-state index in [9.17, 15) is 5.48 Å². The smallest absolute Gasteiger partial charge is 0.143 e. The van der Waals surface area contributed by atoms with Crippen LogP contribution in [0.2, 0.25) is 0 Å². The summed E-state index contributed by atoms with van der Waals surface area (Å²) in [4.78, 5) is 1.90. The van der Waals surface area contributed by atoms with Crippen molar-refractivity contribution >= 4 is 49.8 Å². The molecule has 1 aliphatic rings. The molecule has 0 bridgehead atoms. The fourth-order valence-corrected chi connectivity index (χ4v) is 7.77. The lowest BCUT2D eigenvalue weighted by atomic mass is 9.82. The second kappa shape index (κ2) is 11.3. The molecule has 1 aliphatic carbocycles. The van der Waals surface area contributed by atoms with E-state index in [4.69, 9.17) is 9.90 Å². The molecule has 8 aromatic carbocycles. The van der Waals surface area contributed by atoms with Crippen molar-refractivity contribution < 1.29 is 15.4 Å². The highest BCUT2D eigenvalue weighted by Gasteiger charge is 2.36. The minimum absolute atomic E-state index is 0.00339. The van der Waals surface area contributed by atoms with E-state index in [1.165, 1.54) is 5.56 Å². The van der Waals surface area contributed by atoms with Crippen LogP contribution in [0, 0.1) is 0 Å². The zero-order valence-electron chi connectivity index (χ0n) is 36.0. The zero-order valence-corrected chi connectivity index (χ0v) is 28.0. The largest absolute Gasteiger partial charge is 0.455 e. The summed E-state index contributed by atoms with van der Waals surface area (Å²) in [6, 6.07) is 38.9. The van der Waals surface area contributed by atoms with Gasteiger partial charge < -0.3 is 9.32 Å². The first-order valence-electron chi connectivity index (χ1n) is 21.0. The Kier molecular flexibility index (Phi) is 4.97. The molecule has 51 heavy (non-hydrogen) atoms. The molecule has 9 aromatic rings. The van der Waals surface area contributed by atoms with Gasteiger partial charge in [0.1, 0.15) is 11.2 Å². The van der Waals surface area contributed by atoms with E-state index in [0.717, 1.165) is 27.8 Å². The van der Waals surface area contributed by atoms with Crippen LogP contribution in [0.25, 0.3) is 66.1 Å². The molecular formula is C49H35NO. The predicted octanol–water partition coefficient (Wildman–Crippen LogP) is 13.8. The summed E-state index contributed by atoms with van der Waals surface area (Å²) >= 11 is 0. The van der Waals surface area contributed by atoms with Gasteiger partial charge in [-0.05, 0) is 92.3 Å². The van der Waals surface area contributed by atoms with Gasteiger partial charge in [0.2, 0.25) is 0 Å². The first-order valence-corrected chi connectivity index (χ1v) is 17.0. The number of nitrogens with zero attached hydrogens (tertiary/aromatic N) is 1. The Morgan fingerprint density at radius 3 is 1.96 bits per heavy atom. The Labute approximate surface area is 309 Å². The summed E-state index contributed by atoms with van der Waals surface area (Å²) < 4.78 is 80.1. The molecule has 0 aliphatic heterocycles. The first-order chi connectivity index (χ1) is 28.4. The van der Waals surface area contributed by atoms with E-state index in [-0.39, 0.29) is 85.6 Å². The lowest BCUT2D eigenvalue weighted by Gasteiger charge is -2.29. The van der Waals surface area contributed by atoms with Gasteiger partial charge >= 0.3 is 0 Å². The van der Waals surface area contributed by atoms with Gasteiger partial charge in [0, 0.05) is 27.6 Å². The van der Waals surface area contributed by atoms with Crippen LogP contribution in [0.5, 0.6) is 0 Å². The Morgan fingerprint density at radius 1 is 0.529 bits per heavy atom. The molecule has 242 valence electrons. The number of hydrogen-bond donors (Lipinski definition) is 0. The van der Waals surface area contributed by atoms with E-state index >= 15 is 0 Å². The van der Waals surface area contributed by atoms with Gasteiger partial charge in [0.05, 0.1) is 22.0 Å². The van der Waals surface area contributed by atoms with E-state index in [1.807, 2.05) is 83.8 Å². The molecule has 2 nitrogen and oxygen atoms in total. The fourth-order valence-electron chi connectivity index (χ4n) is 7.77. The summed E-state index contributed by atoms with van der Waals surface area (Å²) in [7, 11) is 0. The predicted molar refractivity (Wildman–Crippen MR) is 214 cm³/mol. The van der Waals surface area contributed by atoms with Gasteiger partial charge in [-0.15, -0.1) is 0 Å². The van der Waals surface area contributed by atoms with Gasteiger partial charge in [-0.1, -0.05) is 147 Å². The Bertz CT molecular complexity index is 3210. The SMILES string of the molecule is [2H]c1c([2H])c(N(c2ccc(-c3ccccc3)cc2)c2ccc3c(c2)C(C)(C)c2ccccc2-3)c2c(oc3c4c([2H])c([2H])c([2H])c([2H])c4c(-c4ccccc4)c([2H])c32)c1[2H]. The van der Waals surface area contributed by atoms with Crippen LogP contribution in [-0.4, -0.2) is 0 Å². The maximum absolute atomic E-state index is 9.94. The number of rotatable bonds is 5. The third-order valence-electron chi connectivity index (χ3n) is 10.3. The van der Waals surface area contributed by atoms with E-state index in [1.54, 1.807) is 24.3 Å². The van der Waals surface area contributed by atoms with Gasteiger partial charge in [-0.25, -0.2) is 0 Å². The Hall–Kier alpha value is -6.38. The fraction of sp³-hybridized carbons (Fsp3) is 0.0612. The molecule has 0 spiro atoms. The molecule has 0 saturated heterocycles. The van der Waals surface area contributed by atoms with Crippen LogP contribution in [-0.2, 0) is 5.41 Å². The van der Waals surface area contributed by atoms with Gasteiger partial charge in [0.25, 0.3) is 0 Å². The third kappa shape index (κ3) is 4.57. The number of furan rings is 1. The topological polar surface area (TPSA) is 16.4 Å². The van der Waals surface area contributed by atoms with Gasteiger partial charge in [0.15, 0.2) is 0 Å². The monoisotopic (exact) mass is 661 g/mol. The average molecular weight is 662 g/mol. The molecule has 0 radical (unpaired) electrons. The van der Waals surface area contributed by atoms with Gasteiger partial charge in [-0.3, -0.25) is 0 Å². The molecule has 0 amide bonds. The second-order valence-electron chi connectivity index (χ2n) is 13.5. The third-order valence-corrected chi connectivity index (χ3v) is 10.3. The van der Waals surface area contributed by atoms with Crippen molar-refractivity contribution in [1.82, 2.24) is 0 Å². The van der Waals surface area contributed by atoms with Gasteiger partial charge in [-0.2, -0.15) is 0 Å². The van der Waals surface area contributed by atoms with Crippen molar-refractivity contribution in [2.24, 2.45) is 0 Å². The maximum atomic E-state index is 9.94. The summed E-state index contributed by atoms with van der Waals surface area (Å²) in [6.45, 7) is 4.39. The highest BCUT2D eigenvalue weighted by atomic mass is 16.3. The molecule has 0 N–H and O–H groups in total. The Morgan fingerprint density at radius 2 is 1.18 bits per heavy atom. The standard InChI is InChI=1S/C49H35NO/c1-49(2)43-21-12-11-19-38(43)39-29-28-36(30-44(39)49)50(35-26-24-33(25-27-35)32-14-5-3-6-15-32)45-22-13-23-46-47(45)42-31-41(34-16-7-4-8-17-34)37-18-9-10-20-40(37)48(42)51-46/h3-31H,1-2H3/i9D,10D,13D,18D,20D,22D,23D,31D. The minimum Gasteiger partial charge on any atom is -0.455 e. The van der Waals surface area contributed by atoms with Crippen LogP contribution in [0.4, 0.5) is 17.1 Å². The van der Waals surface area contributed by atoms with Crippen molar-refractivity contribution in [2.75, 3.05) is 4.90 Å².